The quantitative estimate of drug-likeness (QED) is 0.0743. The van der Waals surface area contributed by atoms with Crippen LogP contribution in [0.2, 0.25) is 0 Å². The normalized spacial score (nSPS) is 12.5. The number of ether oxygens (including phenoxy) is 5. The first kappa shape index (κ1) is 29.3. The van der Waals surface area contributed by atoms with E-state index in [0.717, 1.165) is 50.5 Å². The monoisotopic (exact) mass is 464 g/mol. The summed E-state index contributed by atoms with van der Waals surface area (Å²) < 4.78 is 28.9. The molecule has 1 aromatic carbocycles. The van der Waals surface area contributed by atoms with Crippen molar-refractivity contribution in [2.75, 3.05) is 26.4 Å². The van der Waals surface area contributed by atoms with Crippen LogP contribution in [-0.4, -0.2) is 38.4 Å². The molecule has 0 aliphatic carbocycles. The van der Waals surface area contributed by atoms with Crippen molar-refractivity contribution in [3.8, 4) is 5.75 Å². The van der Waals surface area contributed by atoms with Crippen molar-refractivity contribution in [3.05, 3.63) is 42.0 Å². The number of esters is 1. The van der Waals surface area contributed by atoms with Crippen LogP contribution in [0.5, 0.6) is 5.75 Å². The van der Waals surface area contributed by atoms with Crippen LogP contribution < -0.4 is 4.74 Å². The van der Waals surface area contributed by atoms with E-state index in [1.807, 2.05) is 52.0 Å². The summed E-state index contributed by atoms with van der Waals surface area (Å²) in [7, 11) is 0. The Bertz CT molecular complexity index is 670. The summed E-state index contributed by atoms with van der Waals surface area (Å²) in [6.45, 7) is 15.4. The van der Waals surface area contributed by atoms with Gasteiger partial charge in [0.05, 0.1) is 6.10 Å². The van der Waals surface area contributed by atoms with Gasteiger partial charge in [-0.05, 0) is 53.5 Å². The highest BCUT2D eigenvalue weighted by Gasteiger charge is 2.31. The molecular weight excluding hydrogens is 420 g/mol. The fraction of sp³-hybridized carbons (Fsp3) is 0.667. The molecule has 1 rings (SSSR count). The van der Waals surface area contributed by atoms with Gasteiger partial charge in [-0.3, -0.25) is 0 Å². The fourth-order valence-electron chi connectivity index (χ4n) is 3.76. The molecule has 6 heteroatoms. The molecule has 0 saturated carbocycles. The molecule has 0 aliphatic heterocycles. The third kappa shape index (κ3) is 10.8. The summed E-state index contributed by atoms with van der Waals surface area (Å²) in [5, 5.41) is 0. The highest BCUT2D eigenvalue weighted by atomic mass is 16.9. The second-order valence-electron chi connectivity index (χ2n) is 7.94. The summed E-state index contributed by atoms with van der Waals surface area (Å²) in [6, 6.07) is 7.58. The minimum Gasteiger partial charge on any atom is -0.423 e. The Morgan fingerprint density at radius 2 is 1.45 bits per heavy atom. The molecule has 0 bridgehead atoms. The SMILES string of the molecule is C=C(C)C(=O)Oc1ccccc1C(CCCCCCCC(OCC)(OCC)OCC)OCC. The van der Waals surface area contributed by atoms with E-state index in [4.69, 9.17) is 23.7 Å². The van der Waals surface area contributed by atoms with Gasteiger partial charge in [-0.15, -0.1) is 0 Å². The number of unbranched alkanes of at least 4 members (excludes halogenated alkanes) is 4. The van der Waals surface area contributed by atoms with Crippen LogP contribution >= 0.6 is 0 Å². The van der Waals surface area contributed by atoms with Gasteiger partial charge >= 0.3 is 5.97 Å². The number of rotatable bonds is 19. The number of carbonyl (C=O) groups excluding carboxylic acids is 1. The largest absolute Gasteiger partial charge is 0.423 e. The van der Waals surface area contributed by atoms with Crippen molar-refractivity contribution in [2.24, 2.45) is 0 Å². The molecule has 0 N–H and O–H groups in total. The maximum atomic E-state index is 12.0. The molecule has 0 heterocycles. The number of hydrogen-bond donors (Lipinski definition) is 0. The van der Waals surface area contributed by atoms with Gasteiger partial charge in [0.25, 0.3) is 5.97 Å². The van der Waals surface area contributed by atoms with Crippen molar-refractivity contribution in [1.82, 2.24) is 0 Å². The van der Waals surface area contributed by atoms with Crippen LogP contribution in [-0.2, 0) is 23.7 Å². The van der Waals surface area contributed by atoms with E-state index in [1.54, 1.807) is 6.92 Å². The van der Waals surface area contributed by atoms with Crippen molar-refractivity contribution in [2.45, 2.75) is 91.6 Å². The Morgan fingerprint density at radius 1 is 0.879 bits per heavy atom. The van der Waals surface area contributed by atoms with E-state index in [1.165, 1.54) is 0 Å². The minimum atomic E-state index is -0.913. The van der Waals surface area contributed by atoms with E-state index in [0.29, 0.717) is 37.8 Å². The van der Waals surface area contributed by atoms with Crippen LogP contribution in [0.3, 0.4) is 0 Å². The van der Waals surface area contributed by atoms with Crippen molar-refractivity contribution < 1.29 is 28.5 Å². The molecule has 0 aliphatic rings. The lowest BCUT2D eigenvalue weighted by Gasteiger charge is -2.32. The summed E-state index contributed by atoms with van der Waals surface area (Å²) in [5.41, 5.74) is 1.28. The maximum absolute atomic E-state index is 12.0. The molecule has 0 amide bonds. The van der Waals surface area contributed by atoms with E-state index in [2.05, 4.69) is 6.58 Å². The first-order chi connectivity index (χ1) is 15.9. The van der Waals surface area contributed by atoms with Gasteiger partial charge in [-0.1, -0.05) is 50.5 Å². The smallest absolute Gasteiger partial charge is 0.338 e. The van der Waals surface area contributed by atoms with Crippen molar-refractivity contribution >= 4 is 5.97 Å². The molecule has 6 nitrogen and oxygen atoms in total. The van der Waals surface area contributed by atoms with Crippen LogP contribution in [0.15, 0.2) is 36.4 Å². The molecule has 0 saturated heterocycles. The second kappa shape index (κ2) is 16.8. The van der Waals surface area contributed by atoms with E-state index in [-0.39, 0.29) is 6.10 Å². The summed E-state index contributed by atoms with van der Waals surface area (Å²) in [5.74, 6) is -0.786. The highest BCUT2D eigenvalue weighted by molar-refractivity contribution is 5.88. The highest BCUT2D eigenvalue weighted by Crippen LogP contribution is 2.32. The molecule has 0 radical (unpaired) electrons. The Kier molecular flexibility index (Phi) is 14.9. The topological polar surface area (TPSA) is 63.2 Å². The molecule has 1 atom stereocenters. The third-order valence-electron chi connectivity index (χ3n) is 5.23. The molecular formula is C27H44O6. The van der Waals surface area contributed by atoms with Crippen LogP contribution in [0.1, 0.15) is 91.2 Å². The average Bonchev–Trinajstić information content (AvgIpc) is 2.78. The summed E-state index contributed by atoms with van der Waals surface area (Å²) >= 11 is 0. The van der Waals surface area contributed by atoms with Gasteiger partial charge in [0.15, 0.2) is 0 Å². The van der Waals surface area contributed by atoms with E-state index >= 15 is 0 Å². The van der Waals surface area contributed by atoms with Gasteiger partial charge in [0.1, 0.15) is 5.75 Å². The molecule has 1 unspecified atom stereocenters. The van der Waals surface area contributed by atoms with E-state index in [9.17, 15) is 4.79 Å². The summed E-state index contributed by atoms with van der Waals surface area (Å²) in [6.07, 6.45) is 6.80. The van der Waals surface area contributed by atoms with Crippen LogP contribution in [0.4, 0.5) is 0 Å². The fourth-order valence-corrected chi connectivity index (χ4v) is 3.76. The zero-order valence-electron chi connectivity index (χ0n) is 21.3. The Hall–Kier alpha value is -1.73. The van der Waals surface area contributed by atoms with Crippen LogP contribution in [0, 0.1) is 0 Å². The maximum Gasteiger partial charge on any atom is 0.338 e. The van der Waals surface area contributed by atoms with Gasteiger partial charge in [0.2, 0.25) is 0 Å². The molecule has 188 valence electrons. The number of carbonyl (C=O) groups is 1. The molecule has 0 aromatic heterocycles. The Balaban J connectivity index is 2.54. The molecule has 33 heavy (non-hydrogen) atoms. The predicted molar refractivity (Wildman–Crippen MR) is 131 cm³/mol. The van der Waals surface area contributed by atoms with Gasteiger partial charge in [-0.25, -0.2) is 4.79 Å². The van der Waals surface area contributed by atoms with Gasteiger partial charge in [0, 0.05) is 44.0 Å². The summed E-state index contributed by atoms with van der Waals surface area (Å²) in [4.78, 5) is 12.0. The number of benzene rings is 1. The average molecular weight is 465 g/mol. The molecule has 1 aromatic rings. The lowest BCUT2D eigenvalue weighted by Crippen LogP contribution is -2.39. The minimum absolute atomic E-state index is 0.106. The van der Waals surface area contributed by atoms with Crippen LogP contribution in [0.25, 0.3) is 0 Å². The predicted octanol–water partition coefficient (Wildman–Crippen LogP) is 6.74. The van der Waals surface area contributed by atoms with Gasteiger partial charge < -0.3 is 23.7 Å². The second-order valence-corrected chi connectivity index (χ2v) is 7.94. The lowest BCUT2D eigenvalue weighted by molar-refractivity contribution is -0.380. The Morgan fingerprint density at radius 3 is 2.03 bits per heavy atom. The number of para-hydroxylation sites is 1. The Labute approximate surface area is 200 Å². The number of hydrogen-bond acceptors (Lipinski definition) is 6. The van der Waals surface area contributed by atoms with Crippen molar-refractivity contribution in [1.29, 1.82) is 0 Å². The first-order valence-electron chi connectivity index (χ1n) is 12.4. The van der Waals surface area contributed by atoms with Gasteiger partial charge in [-0.2, -0.15) is 0 Å². The first-order valence-corrected chi connectivity index (χ1v) is 12.4. The molecule has 0 spiro atoms. The lowest BCUT2D eigenvalue weighted by atomic mass is 10.0. The zero-order valence-corrected chi connectivity index (χ0v) is 21.3. The van der Waals surface area contributed by atoms with Crippen molar-refractivity contribution in [3.63, 3.8) is 0 Å². The standard InChI is InChI=1S/C27H44O6/c1-7-29-24(23-18-15-16-20-25(23)33-26(28)22(5)6)19-14-12-11-13-17-21-27(30-8-2,31-9-3)32-10-4/h15-16,18,20,24H,5,7-14,17,19,21H2,1-4,6H3. The van der Waals surface area contributed by atoms with E-state index < -0.39 is 11.9 Å². The molecule has 0 fully saturated rings. The zero-order chi connectivity index (χ0) is 24.5. The third-order valence-corrected chi connectivity index (χ3v) is 5.23.